The molecule has 0 spiro atoms. The van der Waals surface area contributed by atoms with Crippen LogP contribution in [0.5, 0.6) is 0 Å². The SMILES string of the molecule is CC(Nc1ccc2c(c1)CCN2C(=O)Cc1ccccn1)c1ccc(-c2ccccc2)cc1. The van der Waals surface area contributed by atoms with Crippen LogP contribution in [0.25, 0.3) is 11.1 Å². The van der Waals surface area contributed by atoms with Gasteiger partial charge in [-0.25, -0.2) is 0 Å². The van der Waals surface area contributed by atoms with E-state index in [0.29, 0.717) is 6.42 Å². The highest BCUT2D eigenvalue weighted by Crippen LogP contribution is 2.32. The van der Waals surface area contributed by atoms with Gasteiger partial charge in [0.2, 0.25) is 5.91 Å². The molecule has 1 atom stereocenters. The maximum absolute atomic E-state index is 12.8. The molecule has 0 radical (unpaired) electrons. The van der Waals surface area contributed by atoms with Crippen molar-refractivity contribution in [2.45, 2.75) is 25.8 Å². The van der Waals surface area contributed by atoms with Crippen molar-refractivity contribution >= 4 is 17.3 Å². The topological polar surface area (TPSA) is 45.2 Å². The van der Waals surface area contributed by atoms with E-state index in [4.69, 9.17) is 0 Å². The number of amides is 1. The summed E-state index contributed by atoms with van der Waals surface area (Å²) in [6.07, 6.45) is 2.93. The van der Waals surface area contributed by atoms with Gasteiger partial charge < -0.3 is 10.2 Å². The minimum atomic E-state index is 0.0973. The standard InChI is InChI=1S/C29H27N3O/c1-21(22-10-12-24(13-11-22)23-7-3-2-4-8-23)31-27-14-15-28-25(19-27)16-18-32(28)29(33)20-26-9-5-6-17-30-26/h2-15,17,19,21,31H,16,18,20H2,1H3. The molecule has 1 amide bonds. The second-order valence-electron chi connectivity index (χ2n) is 8.49. The molecule has 1 N–H and O–H groups in total. The summed E-state index contributed by atoms with van der Waals surface area (Å²) in [6.45, 7) is 2.90. The van der Waals surface area contributed by atoms with Crippen LogP contribution >= 0.6 is 0 Å². The van der Waals surface area contributed by atoms with E-state index < -0.39 is 0 Å². The molecule has 3 aromatic carbocycles. The number of rotatable bonds is 6. The quantitative estimate of drug-likeness (QED) is 0.402. The zero-order valence-electron chi connectivity index (χ0n) is 18.7. The first-order valence-electron chi connectivity index (χ1n) is 11.4. The van der Waals surface area contributed by atoms with Crippen molar-refractivity contribution in [2.24, 2.45) is 0 Å². The molecule has 164 valence electrons. The summed E-state index contributed by atoms with van der Waals surface area (Å²) >= 11 is 0. The summed E-state index contributed by atoms with van der Waals surface area (Å²) < 4.78 is 0. The summed E-state index contributed by atoms with van der Waals surface area (Å²) in [6, 6.07) is 31.3. The number of aromatic nitrogens is 1. The Kier molecular flexibility index (Phi) is 5.90. The van der Waals surface area contributed by atoms with Crippen molar-refractivity contribution in [3.63, 3.8) is 0 Å². The third-order valence-electron chi connectivity index (χ3n) is 6.24. The van der Waals surface area contributed by atoms with E-state index in [-0.39, 0.29) is 11.9 Å². The number of anilines is 2. The summed E-state index contributed by atoms with van der Waals surface area (Å²) in [5, 5.41) is 3.62. The van der Waals surface area contributed by atoms with Crippen LogP contribution in [0.15, 0.2) is 97.2 Å². The fourth-order valence-corrected chi connectivity index (χ4v) is 4.43. The highest BCUT2D eigenvalue weighted by Gasteiger charge is 2.25. The van der Waals surface area contributed by atoms with Crippen molar-refractivity contribution in [2.75, 3.05) is 16.8 Å². The number of hydrogen-bond donors (Lipinski definition) is 1. The maximum Gasteiger partial charge on any atom is 0.233 e. The number of pyridine rings is 1. The number of fused-ring (bicyclic) bond motifs is 1. The predicted octanol–water partition coefficient (Wildman–Crippen LogP) is 6.05. The molecule has 1 aliphatic heterocycles. The molecule has 0 bridgehead atoms. The van der Waals surface area contributed by atoms with Crippen molar-refractivity contribution < 1.29 is 4.79 Å². The molecule has 0 saturated heterocycles. The number of nitrogens with one attached hydrogen (secondary N) is 1. The smallest absolute Gasteiger partial charge is 0.233 e. The van der Waals surface area contributed by atoms with E-state index >= 15 is 0 Å². The molecule has 33 heavy (non-hydrogen) atoms. The zero-order chi connectivity index (χ0) is 22.6. The minimum absolute atomic E-state index is 0.0973. The first-order valence-corrected chi connectivity index (χ1v) is 11.4. The summed E-state index contributed by atoms with van der Waals surface area (Å²) in [7, 11) is 0. The van der Waals surface area contributed by atoms with Gasteiger partial charge in [0, 0.05) is 35.9 Å². The predicted molar refractivity (Wildman–Crippen MR) is 134 cm³/mol. The van der Waals surface area contributed by atoms with Crippen LogP contribution in [-0.4, -0.2) is 17.4 Å². The van der Waals surface area contributed by atoms with Gasteiger partial charge in [-0.3, -0.25) is 9.78 Å². The normalized spacial score (nSPS) is 13.4. The molecule has 1 unspecified atom stereocenters. The molecule has 5 rings (SSSR count). The lowest BCUT2D eigenvalue weighted by molar-refractivity contribution is -0.117. The monoisotopic (exact) mass is 433 g/mol. The van der Waals surface area contributed by atoms with Gasteiger partial charge in [-0.05, 0) is 65.9 Å². The lowest BCUT2D eigenvalue weighted by Gasteiger charge is -2.19. The Morgan fingerprint density at radius 2 is 1.70 bits per heavy atom. The zero-order valence-corrected chi connectivity index (χ0v) is 18.7. The fraction of sp³-hybridized carbons (Fsp3) is 0.172. The maximum atomic E-state index is 12.8. The van der Waals surface area contributed by atoms with E-state index in [2.05, 4.69) is 84.0 Å². The molecular weight excluding hydrogens is 406 g/mol. The molecule has 1 aromatic heterocycles. The Morgan fingerprint density at radius 3 is 2.45 bits per heavy atom. The third kappa shape index (κ3) is 4.65. The van der Waals surface area contributed by atoms with Crippen molar-refractivity contribution in [3.8, 4) is 11.1 Å². The van der Waals surface area contributed by atoms with Crippen molar-refractivity contribution in [1.82, 2.24) is 4.98 Å². The lowest BCUT2D eigenvalue weighted by Crippen LogP contribution is -2.30. The molecule has 4 nitrogen and oxygen atoms in total. The number of nitrogens with zero attached hydrogens (tertiary/aromatic N) is 2. The van der Waals surface area contributed by atoms with Gasteiger partial charge in [0.25, 0.3) is 0 Å². The summed E-state index contributed by atoms with van der Waals surface area (Å²) in [4.78, 5) is 19.0. The van der Waals surface area contributed by atoms with Gasteiger partial charge in [-0.15, -0.1) is 0 Å². The first kappa shape index (κ1) is 21.0. The van der Waals surface area contributed by atoms with E-state index in [1.807, 2.05) is 29.2 Å². The highest BCUT2D eigenvalue weighted by atomic mass is 16.2. The molecule has 4 aromatic rings. The Bertz CT molecular complexity index is 1240. The second kappa shape index (κ2) is 9.29. The third-order valence-corrected chi connectivity index (χ3v) is 6.24. The largest absolute Gasteiger partial charge is 0.379 e. The van der Waals surface area contributed by atoms with Crippen LogP contribution in [0.4, 0.5) is 11.4 Å². The molecule has 1 aliphatic rings. The lowest BCUT2D eigenvalue weighted by atomic mass is 10.0. The number of carbonyl (C=O) groups excluding carboxylic acids is 1. The van der Waals surface area contributed by atoms with Crippen LogP contribution in [0.3, 0.4) is 0 Å². The van der Waals surface area contributed by atoms with E-state index in [1.165, 1.54) is 22.3 Å². The van der Waals surface area contributed by atoms with Crippen molar-refractivity contribution in [3.05, 3.63) is 114 Å². The van der Waals surface area contributed by atoms with Gasteiger partial charge in [0.05, 0.1) is 6.42 Å². The minimum Gasteiger partial charge on any atom is -0.379 e. The van der Waals surface area contributed by atoms with Crippen LogP contribution in [0.1, 0.15) is 29.8 Å². The average Bonchev–Trinajstić information content (AvgIpc) is 3.29. The van der Waals surface area contributed by atoms with E-state index in [1.54, 1.807) is 6.20 Å². The van der Waals surface area contributed by atoms with Crippen molar-refractivity contribution in [1.29, 1.82) is 0 Å². The molecule has 0 fully saturated rings. The van der Waals surface area contributed by atoms with Gasteiger partial charge in [0.15, 0.2) is 0 Å². The van der Waals surface area contributed by atoms with Crippen LogP contribution in [0.2, 0.25) is 0 Å². The number of carbonyl (C=O) groups is 1. The van der Waals surface area contributed by atoms with Gasteiger partial charge in [-0.1, -0.05) is 60.7 Å². The average molecular weight is 434 g/mol. The molecule has 0 saturated carbocycles. The molecule has 0 aliphatic carbocycles. The number of benzene rings is 3. The Balaban J connectivity index is 1.25. The molecule has 4 heteroatoms. The highest BCUT2D eigenvalue weighted by molar-refractivity contribution is 5.96. The Labute approximate surface area is 194 Å². The fourth-order valence-electron chi connectivity index (χ4n) is 4.43. The van der Waals surface area contributed by atoms with E-state index in [9.17, 15) is 4.79 Å². The number of hydrogen-bond acceptors (Lipinski definition) is 3. The molecular formula is C29H27N3O. The van der Waals surface area contributed by atoms with E-state index in [0.717, 1.165) is 30.0 Å². The summed E-state index contributed by atoms with van der Waals surface area (Å²) in [5.74, 6) is 0.0973. The molecule has 2 heterocycles. The van der Waals surface area contributed by atoms with Gasteiger partial charge in [-0.2, -0.15) is 0 Å². The van der Waals surface area contributed by atoms with Crippen LogP contribution < -0.4 is 10.2 Å². The summed E-state index contributed by atoms with van der Waals surface area (Å²) in [5.41, 5.74) is 7.79. The second-order valence-corrected chi connectivity index (χ2v) is 8.49. The van der Waals surface area contributed by atoms with Crippen LogP contribution in [-0.2, 0) is 17.6 Å². The first-order chi connectivity index (χ1) is 16.2. The Hall–Kier alpha value is -3.92. The Morgan fingerprint density at radius 1 is 0.939 bits per heavy atom. The van der Waals surface area contributed by atoms with Crippen LogP contribution in [0, 0.1) is 0 Å². The van der Waals surface area contributed by atoms with Gasteiger partial charge >= 0.3 is 0 Å². The van der Waals surface area contributed by atoms with Gasteiger partial charge in [0.1, 0.15) is 0 Å².